The van der Waals surface area contributed by atoms with Gasteiger partial charge in [0.15, 0.2) is 17.3 Å². The summed E-state index contributed by atoms with van der Waals surface area (Å²) in [5, 5.41) is 23.7. The fourth-order valence-electron chi connectivity index (χ4n) is 4.41. The van der Waals surface area contributed by atoms with E-state index in [1.54, 1.807) is 38.5 Å². The second-order valence-corrected chi connectivity index (χ2v) is 9.43. The SMILES string of the molecule is COc1ccc(C(c2nnnn2C(C)(C)C)N2CCN(c3ccc([N+](=O)[O-])cc3)CC2)cc1OC. The number of nitro groups is 1. The molecule has 1 unspecified atom stereocenters. The van der Waals surface area contributed by atoms with E-state index in [1.807, 2.05) is 22.9 Å². The summed E-state index contributed by atoms with van der Waals surface area (Å²) in [4.78, 5) is 15.2. The molecule has 35 heavy (non-hydrogen) atoms. The Hall–Kier alpha value is -3.73. The molecule has 1 aromatic heterocycles. The molecule has 1 aliphatic rings. The number of tetrazole rings is 1. The Morgan fingerprint density at radius 2 is 1.63 bits per heavy atom. The molecule has 1 saturated heterocycles. The zero-order chi connectivity index (χ0) is 25.2. The van der Waals surface area contributed by atoms with Crippen molar-refractivity contribution in [2.24, 2.45) is 0 Å². The predicted molar refractivity (Wildman–Crippen MR) is 131 cm³/mol. The van der Waals surface area contributed by atoms with Crippen molar-refractivity contribution in [3.05, 3.63) is 64.0 Å². The number of aromatic nitrogens is 4. The van der Waals surface area contributed by atoms with Crippen molar-refractivity contribution < 1.29 is 14.4 Å². The van der Waals surface area contributed by atoms with Crippen LogP contribution in [0.25, 0.3) is 0 Å². The van der Waals surface area contributed by atoms with Gasteiger partial charge >= 0.3 is 0 Å². The van der Waals surface area contributed by atoms with Gasteiger partial charge in [-0.2, -0.15) is 0 Å². The Kier molecular flexibility index (Phi) is 6.88. The molecule has 0 N–H and O–H groups in total. The van der Waals surface area contributed by atoms with Gasteiger partial charge < -0.3 is 14.4 Å². The molecule has 2 aromatic carbocycles. The number of hydrogen-bond acceptors (Lipinski definition) is 9. The van der Waals surface area contributed by atoms with E-state index in [0.29, 0.717) is 11.5 Å². The van der Waals surface area contributed by atoms with Crippen LogP contribution in [0.1, 0.15) is 38.2 Å². The number of nitro benzene ring substituents is 1. The molecule has 0 radical (unpaired) electrons. The number of benzene rings is 2. The molecule has 2 heterocycles. The van der Waals surface area contributed by atoms with Gasteiger partial charge in [0, 0.05) is 44.0 Å². The first-order valence-corrected chi connectivity index (χ1v) is 11.5. The van der Waals surface area contributed by atoms with Crippen LogP contribution in [0.2, 0.25) is 0 Å². The zero-order valence-electron chi connectivity index (χ0n) is 20.7. The van der Waals surface area contributed by atoms with E-state index >= 15 is 0 Å². The van der Waals surface area contributed by atoms with E-state index in [2.05, 4.69) is 46.1 Å². The van der Waals surface area contributed by atoms with Gasteiger partial charge in [0.05, 0.1) is 30.7 Å². The summed E-state index contributed by atoms with van der Waals surface area (Å²) in [6, 6.07) is 12.4. The third-order valence-electron chi connectivity index (χ3n) is 6.20. The second kappa shape index (κ2) is 9.87. The van der Waals surface area contributed by atoms with Crippen LogP contribution >= 0.6 is 0 Å². The van der Waals surface area contributed by atoms with Gasteiger partial charge in [0.25, 0.3) is 5.69 Å². The van der Waals surface area contributed by atoms with Crippen molar-refractivity contribution in [3.8, 4) is 11.5 Å². The molecular weight excluding hydrogens is 450 g/mol. The van der Waals surface area contributed by atoms with Crippen molar-refractivity contribution in [1.29, 1.82) is 0 Å². The fourth-order valence-corrected chi connectivity index (χ4v) is 4.41. The van der Waals surface area contributed by atoms with Crippen LogP contribution in [-0.4, -0.2) is 70.4 Å². The second-order valence-electron chi connectivity index (χ2n) is 9.43. The first-order valence-electron chi connectivity index (χ1n) is 11.5. The maximum absolute atomic E-state index is 11.0. The van der Waals surface area contributed by atoms with Crippen LogP contribution in [0.4, 0.5) is 11.4 Å². The standard InChI is InChI=1S/C24H31N7O4/c1-24(2,3)30-23(25-26-27-30)22(17-6-11-20(34-4)21(16-17)35-5)29-14-12-28(13-15-29)18-7-9-19(10-8-18)31(32)33/h6-11,16,22H,12-15H2,1-5H3. The molecule has 186 valence electrons. The molecule has 0 bridgehead atoms. The largest absolute Gasteiger partial charge is 0.493 e. The van der Waals surface area contributed by atoms with Crippen LogP contribution in [0, 0.1) is 10.1 Å². The van der Waals surface area contributed by atoms with Gasteiger partial charge in [-0.25, -0.2) is 4.68 Å². The molecule has 0 amide bonds. The minimum absolute atomic E-state index is 0.0925. The smallest absolute Gasteiger partial charge is 0.269 e. The summed E-state index contributed by atoms with van der Waals surface area (Å²) in [6.07, 6.45) is 0. The van der Waals surface area contributed by atoms with Gasteiger partial charge in [-0.3, -0.25) is 15.0 Å². The third-order valence-corrected chi connectivity index (χ3v) is 6.20. The molecule has 4 rings (SSSR count). The van der Waals surface area contributed by atoms with Crippen molar-refractivity contribution in [2.45, 2.75) is 32.4 Å². The molecular formula is C24H31N7O4. The maximum Gasteiger partial charge on any atom is 0.269 e. The lowest BCUT2D eigenvalue weighted by Gasteiger charge is -2.40. The Labute approximate surface area is 204 Å². The van der Waals surface area contributed by atoms with E-state index < -0.39 is 0 Å². The van der Waals surface area contributed by atoms with Crippen LogP contribution < -0.4 is 14.4 Å². The molecule has 11 heteroatoms. The minimum atomic E-state index is -0.380. The summed E-state index contributed by atoms with van der Waals surface area (Å²) in [5.74, 6) is 2.07. The predicted octanol–water partition coefficient (Wildman–Crippen LogP) is 3.27. The first kappa shape index (κ1) is 24.4. The highest BCUT2D eigenvalue weighted by atomic mass is 16.6. The number of anilines is 1. The fraction of sp³-hybridized carbons (Fsp3) is 0.458. The number of rotatable bonds is 7. The van der Waals surface area contributed by atoms with Crippen molar-refractivity contribution in [1.82, 2.24) is 25.1 Å². The van der Waals surface area contributed by atoms with E-state index in [0.717, 1.165) is 43.3 Å². The highest BCUT2D eigenvalue weighted by molar-refractivity contribution is 5.51. The highest BCUT2D eigenvalue weighted by Crippen LogP contribution is 2.36. The topological polar surface area (TPSA) is 112 Å². The van der Waals surface area contributed by atoms with E-state index in [-0.39, 0.29) is 22.2 Å². The van der Waals surface area contributed by atoms with Gasteiger partial charge in [0.2, 0.25) is 0 Å². The molecule has 0 aliphatic carbocycles. The zero-order valence-corrected chi connectivity index (χ0v) is 20.7. The minimum Gasteiger partial charge on any atom is -0.493 e. The lowest BCUT2D eigenvalue weighted by molar-refractivity contribution is -0.384. The quantitative estimate of drug-likeness (QED) is 0.371. The Balaban J connectivity index is 1.64. The lowest BCUT2D eigenvalue weighted by atomic mass is 10.0. The van der Waals surface area contributed by atoms with E-state index in [9.17, 15) is 10.1 Å². The summed E-state index contributed by atoms with van der Waals surface area (Å²) < 4.78 is 12.9. The van der Waals surface area contributed by atoms with Gasteiger partial charge in [-0.1, -0.05) is 6.07 Å². The summed E-state index contributed by atoms with van der Waals surface area (Å²) in [7, 11) is 3.24. The van der Waals surface area contributed by atoms with Gasteiger partial charge in [-0.05, 0) is 61.0 Å². The molecule has 0 spiro atoms. The van der Waals surface area contributed by atoms with E-state index in [4.69, 9.17) is 9.47 Å². The average Bonchev–Trinajstić information content (AvgIpc) is 3.35. The van der Waals surface area contributed by atoms with Gasteiger partial charge in [-0.15, -0.1) is 5.10 Å². The lowest BCUT2D eigenvalue weighted by Crippen LogP contribution is -2.48. The molecule has 1 fully saturated rings. The first-order chi connectivity index (χ1) is 16.7. The molecule has 0 saturated carbocycles. The van der Waals surface area contributed by atoms with Crippen LogP contribution in [0.3, 0.4) is 0 Å². The summed E-state index contributed by atoms with van der Waals surface area (Å²) >= 11 is 0. The van der Waals surface area contributed by atoms with Crippen LogP contribution in [0.5, 0.6) is 11.5 Å². The Morgan fingerprint density at radius 3 is 2.20 bits per heavy atom. The number of hydrogen-bond donors (Lipinski definition) is 0. The molecule has 1 atom stereocenters. The highest BCUT2D eigenvalue weighted by Gasteiger charge is 2.34. The van der Waals surface area contributed by atoms with Crippen LogP contribution in [0.15, 0.2) is 42.5 Å². The third kappa shape index (κ3) is 5.04. The number of nitrogens with zero attached hydrogens (tertiary/aromatic N) is 7. The molecule has 1 aliphatic heterocycles. The van der Waals surface area contributed by atoms with Crippen molar-refractivity contribution >= 4 is 11.4 Å². The summed E-state index contributed by atoms with van der Waals surface area (Å²) in [6.45, 7) is 9.26. The number of piperazine rings is 1. The summed E-state index contributed by atoms with van der Waals surface area (Å²) in [5.41, 5.74) is 1.77. The number of ether oxygens (including phenoxy) is 2. The number of non-ortho nitro benzene ring substituents is 1. The van der Waals surface area contributed by atoms with Crippen molar-refractivity contribution in [3.63, 3.8) is 0 Å². The van der Waals surface area contributed by atoms with E-state index in [1.165, 1.54) is 0 Å². The number of methoxy groups -OCH3 is 2. The Bertz CT molecular complexity index is 1170. The average molecular weight is 482 g/mol. The monoisotopic (exact) mass is 481 g/mol. The maximum atomic E-state index is 11.0. The normalized spacial score (nSPS) is 15.6. The van der Waals surface area contributed by atoms with Crippen molar-refractivity contribution in [2.75, 3.05) is 45.3 Å². The van der Waals surface area contributed by atoms with Gasteiger partial charge in [0.1, 0.15) is 0 Å². The molecule has 3 aromatic rings. The van der Waals surface area contributed by atoms with Crippen LogP contribution in [-0.2, 0) is 5.54 Å². The molecule has 11 nitrogen and oxygen atoms in total. The Morgan fingerprint density at radius 1 is 0.971 bits per heavy atom.